The van der Waals surface area contributed by atoms with Gasteiger partial charge >= 0.3 is 0 Å². The number of carbonyl (C=O) groups excluding carboxylic acids is 2. The first-order valence-corrected chi connectivity index (χ1v) is 10.0. The highest BCUT2D eigenvalue weighted by atomic mass is 32.1. The fourth-order valence-electron chi connectivity index (χ4n) is 2.62. The largest absolute Gasteiger partial charge is 0.484 e. The quantitative estimate of drug-likeness (QED) is 0.304. The first-order chi connectivity index (χ1) is 15.5. The number of ether oxygens (including phenoxy) is 1. The van der Waals surface area contributed by atoms with Crippen LogP contribution in [0.3, 0.4) is 0 Å². The van der Waals surface area contributed by atoms with Crippen molar-refractivity contribution in [3.05, 3.63) is 96.3 Å². The third-order valence-corrected chi connectivity index (χ3v) is 4.38. The van der Waals surface area contributed by atoms with Gasteiger partial charge in [-0.2, -0.15) is 0 Å². The molecular weight excluding hydrogens is 429 g/mol. The summed E-state index contributed by atoms with van der Waals surface area (Å²) in [6.07, 6.45) is 2.75. The average molecular weight is 450 g/mol. The Balaban J connectivity index is 1.37. The Morgan fingerprint density at radius 1 is 0.875 bits per heavy atom. The van der Waals surface area contributed by atoms with Crippen molar-refractivity contribution in [3.63, 3.8) is 0 Å². The summed E-state index contributed by atoms with van der Waals surface area (Å²) in [7, 11) is 0. The van der Waals surface area contributed by atoms with Crippen molar-refractivity contribution in [2.45, 2.75) is 0 Å². The summed E-state index contributed by atoms with van der Waals surface area (Å²) in [6.45, 7) is -0.237. The molecule has 8 heteroatoms. The van der Waals surface area contributed by atoms with Gasteiger partial charge in [-0.05, 0) is 59.2 Å². The van der Waals surface area contributed by atoms with Crippen LogP contribution < -0.4 is 20.9 Å². The number of hydrogen-bond donors (Lipinski definition) is 3. The van der Waals surface area contributed by atoms with Crippen LogP contribution in [-0.4, -0.2) is 23.5 Å². The maximum absolute atomic E-state index is 12.9. The molecule has 0 atom stereocenters. The van der Waals surface area contributed by atoms with E-state index in [9.17, 15) is 14.0 Å². The van der Waals surface area contributed by atoms with E-state index in [1.807, 2.05) is 42.5 Å². The third kappa shape index (κ3) is 7.33. The summed E-state index contributed by atoms with van der Waals surface area (Å²) in [5, 5.41) is 2.29. The van der Waals surface area contributed by atoms with Gasteiger partial charge in [-0.3, -0.25) is 25.8 Å². The van der Waals surface area contributed by atoms with E-state index in [-0.39, 0.29) is 17.5 Å². The smallest absolute Gasteiger partial charge is 0.276 e. The van der Waals surface area contributed by atoms with E-state index in [1.165, 1.54) is 36.4 Å². The second kappa shape index (κ2) is 11.4. The van der Waals surface area contributed by atoms with Gasteiger partial charge < -0.3 is 4.74 Å². The molecule has 0 aromatic heterocycles. The van der Waals surface area contributed by atoms with Crippen molar-refractivity contribution < 1.29 is 18.7 Å². The van der Waals surface area contributed by atoms with E-state index in [2.05, 4.69) is 16.2 Å². The van der Waals surface area contributed by atoms with Gasteiger partial charge in [0, 0.05) is 6.08 Å². The molecular formula is C24H20FN3O3S. The molecule has 0 aliphatic carbocycles. The van der Waals surface area contributed by atoms with Crippen molar-refractivity contribution >= 4 is 35.2 Å². The van der Waals surface area contributed by atoms with Gasteiger partial charge in [0.1, 0.15) is 11.6 Å². The highest BCUT2D eigenvalue weighted by molar-refractivity contribution is 7.80. The SMILES string of the molecule is O=C(/C=C/c1ccc(F)cc1)NC(=S)NNC(=O)COc1ccc(-c2ccccc2)cc1. The van der Waals surface area contributed by atoms with Crippen LogP contribution in [0.25, 0.3) is 17.2 Å². The lowest BCUT2D eigenvalue weighted by atomic mass is 10.1. The number of carbonyl (C=O) groups is 2. The van der Waals surface area contributed by atoms with Crippen molar-refractivity contribution in [1.29, 1.82) is 0 Å². The maximum atomic E-state index is 12.9. The molecule has 3 N–H and O–H groups in total. The summed E-state index contributed by atoms with van der Waals surface area (Å²) >= 11 is 4.95. The summed E-state index contributed by atoms with van der Waals surface area (Å²) in [4.78, 5) is 23.8. The Morgan fingerprint density at radius 3 is 2.22 bits per heavy atom. The van der Waals surface area contributed by atoms with Gasteiger partial charge in [0.05, 0.1) is 0 Å². The number of nitrogens with one attached hydrogen (secondary N) is 3. The Bertz CT molecular complexity index is 1100. The number of hydrogen-bond acceptors (Lipinski definition) is 4. The van der Waals surface area contributed by atoms with E-state index in [1.54, 1.807) is 12.1 Å². The van der Waals surface area contributed by atoms with E-state index in [0.29, 0.717) is 11.3 Å². The van der Waals surface area contributed by atoms with Crippen LogP contribution in [0.15, 0.2) is 84.9 Å². The molecule has 6 nitrogen and oxygen atoms in total. The molecule has 3 aromatic rings. The van der Waals surface area contributed by atoms with E-state index in [0.717, 1.165) is 11.1 Å². The minimum absolute atomic E-state index is 0.0840. The van der Waals surface area contributed by atoms with Gasteiger partial charge in [0.2, 0.25) is 5.91 Å². The lowest BCUT2D eigenvalue weighted by molar-refractivity contribution is -0.123. The molecule has 0 bridgehead atoms. The van der Waals surface area contributed by atoms with Crippen LogP contribution >= 0.6 is 12.2 Å². The Labute approximate surface area is 190 Å². The van der Waals surface area contributed by atoms with Gasteiger partial charge in [0.25, 0.3) is 5.91 Å². The van der Waals surface area contributed by atoms with Crippen LogP contribution in [-0.2, 0) is 9.59 Å². The first kappa shape index (κ1) is 22.6. The monoisotopic (exact) mass is 449 g/mol. The van der Waals surface area contributed by atoms with Crippen molar-refractivity contribution in [2.24, 2.45) is 0 Å². The molecule has 0 aliphatic rings. The van der Waals surface area contributed by atoms with Crippen LogP contribution in [0.2, 0.25) is 0 Å². The fourth-order valence-corrected chi connectivity index (χ4v) is 2.77. The number of benzene rings is 3. The molecule has 0 aliphatic heterocycles. The van der Waals surface area contributed by atoms with E-state index >= 15 is 0 Å². The lowest BCUT2D eigenvalue weighted by Gasteiger charge is -2.11. The van der Waals surface area contributed by atoms with Crippen molar-refractivity contribution in [3.8, 4) is 16.9 Å². The fraction of sp³-hybridized carbons (Fsp3) is 0.0417. The number of amides is 2. The predicted octanol–water partition coefficient (Wildman–Crippen LogP) is 3.61. The van der Waals surface area contributed by atoms with Gasteiger partial charge in [-0.25, -0.2) is 4.39 Å². The molecule has 0 fully saturated rings. The molecule has 0 heterocycles. The summed E-state index contributed by atoms with van der Waals surface area (Å²) in [6, 6.07) is 22.9. The predicted molar refractivity (Wildman–Crippen MR) is 125 cm³/mol. The number of halogens is 1. The zero-order valence-corrected chi connectivity index (χ0v) is 17.7. The van der Waals surface area contributed by atoms with Gasteiger partial charge in [-0.15, -0.1) is 0 Å². The van der Waals surface area contributed by atoms with Crippen LogP contribution in [0.4, 0.5) is 4.39 Å². The number of rotatable bonds is 6. The Hall–Kier alpha value is -4.04. The minimum atomic E-state index is -0.504. The number of thiocarbonyl (C=S) groups is 1. The molecule has 0 saturated heterocycles. The van der Waals surface area contributed by atoms with E-state index < -0.39 is 11.8 Å². The molecule has 0 radical (unpaired) electrons. The van der Waals surface area contributed by atoms with Crippen LogP contribution in [0.5, 0.6) is 5.75 Å². The third-order valence-electron chi connectivity index (χ3n) is 4.18. The van der Waals surface area contributed by atoms with Gasteiger partial charge in [0.15, 0.2) is 11.7 Å². The Morgan fingerprint density at radius 2 is 1.53 bits per heavy atom. The average Bonchev–Trinajstić information content (AvgIpc) is 2.82. The van der Waals surface area contributed by atoms with Crippen molar-refractivity contribution in [2.75, 3.05) is 6.61 Å². The normalized spacial score (nSPS) is 10.4. The summed E-state index contributed by atoms with van der Waals surface area (Å²) in [5.41, 5.74) is 7.54. The first-order valence-electron chi connectivity index (χ1n) is 9.61. The molecule has 3 aromatic carbocycles. The standard InChI is InChI=1S/C24H20FN3O3S/c25-20-11-6-17(7-12-20)8-15-22(29)26-24(32)28-27-23(30)16-31-21-13-9-19(10-14-21)18-4-2-1-3-5-18/h1-15H,16H2,(H,27,30)(H2,26,28,29,32)/b15-8+. The van der Waals surface area contributed by atoms with Crippen LogP contribution in [0.1, 0.15) is 5.56 Å². The molecule has 0 saturated carbocycles. The zero-order chi connectivity index (χ0) is 22.8. The topological polar surface area (TPSA) is 79.5 Å². The molecule has 2 amide bonds. The molecule has 162 valence electrons. The zero-order valence-electron chi connectivity index (χ0n) is 16.9. The minimum Gasteiger partial charge on any atom is -0.484 e. The summed E-state index contributed by atoms with van der Waals surface area (Å²) in [5.74, 6) is -0.797. The second-order valence-electron chi connectivity index (χ2n) is 6.56. The van der Waals surface area contributed by atoms with E-state index in [4.69, 9.17) is 17.0 Å². The summed E-state index contributed by atoms with van der Waals surface area (Å²) < 4.78 is 18.3. The Kier molecular flexibility index (Phi) is 8.05. The highest BCUT2D eigenvalue weighted by Gasteiger charge is 2.06. The molecule has 32 heavy (non-hydrogen) atoms. The lowest BCUT2D eigenvalue weighted by Crippen LogP contribution is -2.49. The number of hydrazine groups is 1. The molecule has 3 rings (SSSR count). The molecule has 0 unspecified atom stereocenters. The van der Waals surface area contributed by atoms with Gasteiger partial charge in [-0.1, -0.05) is 54.6 Å². The van der Waals surface area contributed by atoms with Crippen molar-refractivity contribution in [1.82, 2.24) is 16.2 Å². The van der Waals surface area contributed by atoms with Crippen LogP contribution in [0, 0.1) is 5.82 Å². The second-order valence-corrected chi connectivity index (χ2v) is 6.96. The maximum Gasteiger partial charge on any atom is 0.276 e. The highest BCUT2D eigenvalue weighted by Crippen LogP contribution is 2.21. The molecule has 0 spiro atoms.